The van der Waals surface area contributed by atoms with E-state index in [2.05, 4.69) is 222 Å². The third-order valence-corrected chi connectivity index (χ3v) is 12.0. The molecule has 3 aromatic heterocycles. The van der Waals surface area contributed by atoms with Crippen LogP contribution in [-0.2, 0) is 0 Å². The molecule has 9 aromatic carbocycles. The predicted molar refractivity (Wildman–Crippen MR) is 248 cm³/mol. The van der Waals surface area contributed by atoms with Gasteiger partial charge in [0, 0.05) is 33.3 Å². The van der Waals surface area contributed by atoms with Gasteiger partial charge in [0.15, 0.2) is 0 Å². The van der Waals surface area contributed by atoms with E-state index in [0.717, 1.165) is 44.6 Å². The average molecular weight is 753 g/mol. The van der Waals surface area contributed by atoms with E-state index in [1.165, 1.54) is 65.9 Å². The van der Waals surface area contributed by atoms with Crippen molar-refractivity contribution >= 4 is 77.1 Å². The largest absolute Gasteiger partial charge is 0.456 e. The molecule has 0 aliphatic heterocycles. The fraction of sp³-hybridized carbons (Fsp3) is 0. The third-order valence-electron chi connectivity index (χ3n) is 12.0. The van der Waals surface area contributed by atoms with Crippen molar-refractivity contribution in [1.29, 1.82) is 0 Å². The molecule has 59 heavy (non-hydrogen) atoms. The van der Waals surface area contributed by atoms with Crippen LogP contribution in [0.1, 0.15) is 0 Å². The fourth-order valence-corrected chi connectivity index (χ4v) is 9.33. The lowest BCUT2D eigenvalue weighted by Gasteiger charge is -2.27. The molecule has 3 heterocycles. The van der Waals surface area contributed by atoms with Crippen molar-refractivity contribution in [2.45, 2.75) is 0 Å². The number of furan rings is 1. The van der Waals surface area contributed by atoms with Crippen LogP contribution < -0.4 is 4.90 Å². The lowest BCUT2D eigenvalue weighted by Crippen LogP contribution is -2.10. The van der Waals surface area contributed by atoms with E-state index in [9.17, 15) is 0 Å². The Morgan fingerprint density at radius 1 is 0.356 bits per heavy atom. The van der Waals surface area contributed by atoms with Gasteiger partial charge in [0.1, 0.15) is 11.2 Å². The highest BCUT2D eigenvalue weighted by atomic mass is 16.3. The minimum absolute atomic E-state index is 0.867. The van der Waals surface area contributed by atoms with Gasteiger partial charge < -0.3 is 13.7 Å². The summed E-state index contributed by atoms with van der Waals surface area (Å²) in [7, 11) is 0. The van der Waals surface area contributed by atoms with Crippen molar-refractivity contribution in [2.24, 2.45) is 0 Å². The summed E-state index contributed by atoms with van der Waals surface area (Å²) in [6, 6.07) is 78.7. The first-order valence-electron chi connectivity index (χ1n) is 20.2. The molecule has 0 bridgehead atoms. The molecule has 0 aliphatic rings. The van der Waals surface area contributed by atoms with Crippen molar-refractivity contribution in [3.8, 4) is 33.4 Å². The molecular formula is C56H36N2O. The van der Waals surface area contributed by atoms with Gasteiger partial charge >= 0.3 is 0 Å². The summed E-state index contributed by atoms with van der Waals surface area (Å²) in [5.74, 6) is 0. The Kier molecular flexibility index (Phi) is 7.54. The lowest BCUT2D eigenvalue weighted by molar-refractivity contribution is 0.669. The van der Waals surface area contributed by atoms with Crippen molar-refractivity contribution in [3.63, 3.8) is 0 Å². The summed E-state index contributed by atoms with van der Waals surface area (Å²) in [5.41, 5.74) is 15.8. The zero-order valence-corrected chi connectivity index (χ0v) is 32.1. The number of rotatable bonds is 6. The molecule has 0 saturated carbocycles. The second kappa shape index (κ2) is 13.4. The van der Waals surface area contributed by atoms with E-state index < -0.39 is 0 Å². The average Bonchev–Trinajstić information content (AvgIpc) is 3.87. The molecule has 12 rings (SSSR count). The van der Waals surface area contributed by atoms with Gasteiger partial charge in [-0.25, -0.2) is 0 Å². The van der Waals surface area contributed by atoms with Crippen LogP contribution in [-0.4, -0.2) is 4.40 Å². The van der Waals surface area contributed by atoms with Crippen molar-refractivity contribution in [1.82, 2.24) is 4.40 Å². The van der Waals surface area contributed by atoms with Crippen LogP contribution in [0, 0.1) is 0 Å². The maximum atomic E-state index is 6.42. The first kappa shape index (κ1) is 33.3. The topological polar surface area (TPSA) is 20.8 Å². The molecule has 3 heteroatoms. The Hall–Kier alpha value is -7.88. The van der Waals surface area contributed by atoms with E-state index in [4.69, 9.17) is 4.42 Å². The van der Waals surface area contributed by atoms with Crippen LogP contribution in [0.25, 0.3) is 93.4 Å². The van der Waals surface area contributed by atoms with Crippen molar-refractivity contribution in [2.75, 3.05) is 4.90 Å². The Morgan fingerprint density at radius 3 is 1.76 bits per heavy atom. The van der Waals surface area contributed by atoms with E-state index in [-0.39, 0.29) is 0 Å². The fourth-order valence-electron chi connectivity index (χ4n) is 9.33. The van der Waals surface area contributed by atoms with E-state index >= 15 is 0 Å². The molecular weight excluding hydrogens is 717 g/mol. The minimum Gasteiger partial charge on any atom is -0.456 e. The molecule has 0 spiro atoms. The van der Waals surface area contributed by atoms with Crippen LogP contribution in [0.3, 0.4) is 0 Å². The number of para-hydroxylation sites is 3. The molecule has 0 unspecified atom stereocenters. The first-order valence-corrected chi connectivity index (χ1v) is 20.2. The summed E-state index contributed by atoms with van der Waals surface area (Å²) in [6.07, 6.45) is 0. The SMILES string of the molecule is c1ccc(-c2c3cccc(-c4ccc(N(c5ccc(-c6cccc7ccccc67)cc5)c5cccc6oc7ccccc7c56)cc4)c3n3c2ccc2ccccc23)cc1. The summed E-state index contributed by atoms with van der Waals surface area (Å²) in [5, 5.41) is 7.13. The predicted octanol–water partition coefficient (Wildman–Crippen LogP) is 15.8. The number of nitrogens with zero attached hydrogens (tertiary/aromatic N) is 2. The number of fused-ring (bicyclic) bond motifs is 9. The minimum atomic E-state index is 0.867. The number of hydrogen-bond donors (Lipinski definition) is 0. The second-order valence-electron chi connectivity index (χ2n) is 15.3. The third kappa shape index (κ3) is 5.29. The molecule has 0 aliphatic carbocycles. The van der Waals surface area contributed by atoms with Crippen LogP contribution in [0.15, 0.2) is 223 Å². The smallest absolute Gasteiger partial charge is 0.137 e. The Labute approximate surface area is 341 Å². The van der Waals surface area contributed by atoms with Gasteiger partial charge in [-0.05, 0) is 93.0 Å². The summed E-state index contributed by atoms with van der Waals surface area (Å²) in [6.45, 7) is 0. The molecule has 276 valence electrons. The van der Waals surface area contributed by atoms with E-state index in [1.807, 2.05) is 6.07 Å². The van der Waals surface area contributed by atoms with Gasteiger partial charge in [0.25, 0.3) is 0 Å². The molecule has 3 nitrogen and oxygen atoms in total. The Balaban J connectivity index is 1.05. The first-order chi connectivity index (χ1) is 29.3. The molecule has 0 N–H and O–H groups in total. The molecule has 0 saturated heterocycles. The number of hydrogen-bond acceptors (Lipinski definition) is 2. The number of pyridine rings is 1. The maximum Gasteiger partial charge on any atom is 0.137 e. The van der Waals surface area contributed by atoms with Gasteiger partial charge in [-0.1, -0.05) is 164 Å². The van der Waals surface area contributed by atoms with Gasteiger partial charge in [-0.3, -0.25) is 0 Å². The van der Waals surface area contributed by atoms with Gasteiger partial charge in [-0.15, -0.1) is 0 Å². The zero-order valence-electron chi connectivity index (χ0n) is 32.1. The summed E-state index contributed by atoms with van der Waals surface area (Å²) >= 11 is 0. The highest BCUT2D eigenvalue weighted by molar-refractivity contribution is 6.14. The number of aromatic nitrogens is 1. The molecule has 0 fully saturated rings. The van der Waals surface area contributed by atoms with Crippen LogP contribution in [0.4, 0.5) is 17.1 Å². The normalized spacial score (nSPS) is 11.7. The van der Waals surface area contributed by atoms with Crippen LogP contribution in [0.2, 0.25) is 0 Å². The van der Waals surface area contributed by atoms with Gasteiger partial charge in [0.2, 0.25) is 0 Å². The Morgan fingerprint density at radius 2 is 0.949 bits per heavy atom. The summed E-state index contributed by atoms with van der Waals surface area (Å²) in [4.78, 5) is 2.37. The summed E-state index contributed by atoms with van der Waals surface area (Å²) < 4.78 is 8.88. The van der Waals surface area contributed by atoms with Gasteiger partial charge in [0.05, 0.1) is 27.6 Å². The second-order valence-corrected chi connectivity index (χ2v) is 15.3. The van der Waals surface area contributed by atoms with E-state index in [1.54, 1.807) is 0 Å². The number of benzene rings is 9. The maximum absolute atomic E-state index is 6.42. The highest BCUT2D eigenvalue weighted by Crippen LogP contribution is 2.45. The van der Waals surface area contributed by atoms with Crippen LogP contribution in [0.5, 0.6) is 0 Å². The quantitative estimate of drug-likeness (QED) is 0.169. The zero-order chi connectivity index (χ0) is 38.9. The molecule has 0 amide bonds. The number of anilines is 3. The Bertz CT molecular complexity index is 3540. The lowest BCUT2D eigenvalue weighted by atomic mass is 9.97. The highest BCUT2D eigenvalue weighted by Gasteiger charge is 2.22. The van der Waals surface area contributed by atoms with Gasteiger partial charge in [-0.2, -0.15) is 0 Å². The molecule has 12 aromatic rings. The van der Waals surface area contributed by atoms with Crippen molar-refractivity contribution in [3.05, 3.63) is 218 Å². The molecule has 0 atom stereocenters. The standard InChI is InChI=1S/C56H36N2O/c1-2-15-41(16-3-1)54-48-22-11-21-46(56(48)58-49-23-8-5-14-40(49)31-36-51(54)58)39-29-34-43(35-30-39)57(50-24-12-26-53-55(50)47-19-7-9-25-52(47)59-53)42-32-27-38(28-33-42)45-20-10-17-37-13-4-6-18-44(37)45/h1-36H. The monoisotopic (exact) mass is 752 g/mol. The van der Waals surface area contributed by atoms with Crippen molar-refractivity contribution < 1.29 is 4.42 Å². The van der Waals surface area contributed by atoms with Crippen LogP contribution >= 0.6 is 0 Å². The molecule has 0 radical (unpaired) electrons. The van der Waals surface area contributed by atoms with E-state index in [0.29, 0.717) is 0 Å².